The quantitative estimate of drug-likeness (QED) is 0.759. The first-order chi connectivity index (χ1) is 8.84. The Bertz CT molecular complexity index is 339. The molecule has 18 heavy (non-hydrogen) atoms. The van der Waals surface area contributed by atoms with Crippen LogP contribution in [0.1, 0.15) is 19.3 Å². The molecule has 1 aliphatic rings. The third-order valence-electron chi connectivity index (χ3n) is 2.99. The van der Waals surface area contributed by atoms with Gasteiger partial charge in [-0.25, -0.2) is 9.37 Å². The van der Waals surface area contributed by atoms with Crippen LogP contribution in [0.3, 0.4) is 0 Å². The maximum absolute atomic E-state index is 12.6. The summed E-state index contributed by atoms with van der Waals surface area (Å²) in [6, 6.07) is 3.05. The summed E-state index contributed by atoms with van der Waals surface area (Å²) in [7, 11) is 0. The number of hydrogen-bond acceptors (Lipinski definition) is 4. The Morgan fingerprint density at radius 1 is 1.39 bits per heavy atom. The zero-order chi connectivity index (χ0) is 12.6. The van der Waals surface area contributed by atoms with E-state index < -0.39 is 0 Å². The molecule has 2 N–H and O–H groups in total. The van der Waals surface area contributed by atoms with Crippen LogP contribution in [0.4, 0.5) is 10.2 Å². The Balaban J connectivity index is 1.54. The summed E-state index contributed by atoms with van der Waals surface area (Å²) < 4.78 is 18.4. The van der Waals surface area contributed by atoms with E-state index in [1.807, 2.05) is 0 Å². The molecule has 5 heteroatoms. The van der Waals surface area contributed by atoms with Crippen molar-refractivity contribution in [3.05, 3.63) is 24.1 Å². The lowest BCUT2D eigenvalue weighted by atomic mass is 10.1. The molecule has 1 aliphatic heterocycles. The van der Waals surface area contributed by atoms with Crippen molar-refractivity contribution in [2.24, 2.45) is 0 Å². The van der Waals surface area contributed by atoms with Crippen LogP contribution >= 0.6 is 0 Å². The minimum atomic E-state index is -0.310. The topological polar surface area (TPSA) is 46.2 Å². The standard InChI is InChI=1S/C13H20FN3O/c14-11-2-3-13(17-10-11)16-6-1-9-18-12-4-7-15-8-5-12/h2-3,10,12,15H,1,4-9H2,(H,16,17). The highest BCUT2D eigenvalue weighted by atomic mass is 19.1. The van der Waals surface area contributed by atoms with E-state index in [4.69, 9.17) is 4.74 Å². The molecular weight excluding hydrogens is 233 g/mol. The molecule has 0 amide bonds. The van der Waals surface area contributed by atoms with E-state index in [2.05, 4.69) is 15.6 Å². The monoisotopic (exact) mass is 253 g/mol. The summed E-state index contributed by atoms with van der Waals surface area (Å²) in [6.45, 7) is 3.67. The van der Waals surface area contributed by atoms with Gasteiger partial charge in [-0.1, -0.05) is 0 Å². The highest BCUT2D eigenvalue weighted by Crippen LogP contribution is 2.08. The number of nitrogens with one attached hydrogen (secondary N) is 2. The molecule has 1 saturated heterocycles. The molecule has 0 radical (unpaired) electrons. The first-order valence-electron chi connectivity index (χ1n) is 6.52. The fraction of sp³-hybridized carbons (Fsp3) is 0.615. The van der Waals surface area contributed by atoms with Crippen molar-refractivity contribution in [2.45, 2.75) is 25.4 Å². The third-order valence-corrected chi connectivity index (χ3v) is 2.99. The Morgan fingerprint density at radius 2 is 2.22 bits per heavy atom. The zero-order valence-corrected chi connectivity index (χ0v) is 10.5. The van der Waals surface area contributed by atoms with Crippen LogP contribution in [0.25, 0.3) is 0 Å². The van der Waals surface area contributed by atoms with Gasteiger partial charge in [0.05, 0.1) is 12.3 Å². The van der Waals surface area contributed by atoms with Gasteiger partial charge in [0.15, 0.2) is 0 Å². The number of pyridine rings is 1. The first-order valence-corrected chi connectivity index (χ1v) is 6.52. The van der Waals surface area contributed by atoms with Crippen molar-refractivity contribution in [1.82, 2.24) is 10.3 Å². The molecule has 1 aromatic heterocycles. The van der Waals surface area contributed by atoms with Crippen molar-refractivity contribution in [3.8, 4) is 0 Å². The fourth-order valence-electron chi connectivity index (χ4n) is 1.98. The summed E-state index contributed by atoms with van der Waals surface area (Å²) in [6.07, 6.45) is 4.77. The van der Waals surface area contributed by atoms with Crippen molar-refractivity contribution < 1.29 is 9.13 Å². The molecule has 0 atom stereocenters. The number of anilines is 1. The Hall–Kier alpha value is -1.20. The molecule has 1 fully saturated rings. The van der Waals surface area contributed by atoms with E-state index in [1.165, 1.54) is 12.3 Å². The molecule has 0 aromatic carbocycles. The molecule has 1 aromatic rings. The predicted octanol–water partition coefficient (Wildman–Crippen LogP) is 1.79. The number of ether oxygens (including phenoxy) is 1. The molecule has 2 rings (SSSR count). The van der Waals surface area contributed by atoms with E-state index in [0.29, 0.717) is 11.9 Å². The third kappa shape index (κ3) is 4.58. The lowest BCUT2D eigenvalue weighted by Crippen LogP contribution is -2.32. The van der Waals surface area contributed by atoms with Gasteiger partial charge in [-0.05, 0) is 44.5 Å². The van der Waals surface area contributed by atoms with Gasteiger partial charge in [0.1, 0.15) is 11.6 Å². The average Bonchev–Trinajstić information content (AvgIpc) is 2.42. The van der Waals surface area contributed by atoms with Gasteiger partial charge in [0, 0.05) is 13.2 Å². The van der Waals surface area contributed by atoms with Gasteiger partial charge < -0.3 is 15.4 Å². The maximum Gasteiger partial charge on any atom is 0.141 e. The van der Waals surface area contributed by atoms with Crippen molar-refractivity contribution >= 4 is 5.82 Å². The average molecular weight is 253 g/mol. The van der Waals surface area contributed by atoms with Crippen LogP contribution in [-0.2, 0) is 4.74 Å². The number of halogens is 1. The lowest BCUT2D eigenvalue weighted by molar-refractivity contribution is 0.0329. The van der Waals surface area contributed by atoms with Gasteiger partial charge in [0.25, 0.3) is 0 Å². The number of hydrogen-bond donors (Lipinski definition) is 2. The zero-order valence-electron chi connectivity index (χ0n) is 10.5. The molecule has 0 saturated carbocycles. The smallest absolute Gasteiger partial charge is 0.141 e. The molecule has 4 nitrogen and oxygen atoms in total. The molecule has 2 heterocycles. The molecule has 100 valence electrons. The summed E-state index contributed by atoms with van der Waals surface area (Å²) in [5.74, 6) is 0.396. The van der Waals surface area contributed by atoms with Crippen LogP contribution in [0.5, 0.6) is 0 Å². The Morgan fingerprint density at radius 3 is 2.94 bits per heavy atom. The maximum atomic E-state index is 12.6. The number of rotatable bonds is 6. The molecular formula is C13H20FN3O. The van der Waals surface area contributed by atoms with E-state index in [9.17, 15) is 4.39 Å². The lowest BCUT2D eigenvalue weighted by Gasteiger charge is -2.22. The minimum Gasteiger partial charge on any atom is -0.378 e. The highest BCUT2D eigenvalue weighted by molar-refractivity contribution is 5.33. The fourth-order valence-corrected chi connectivity index (χ4v) is 1.98. The normalized spacial score (nSPS) is 16.7. The predicted molar refractivity (Wildman–Crippen MR) is 69.1 cm³/mol. The highest BCUT2D eigenvalue weighted by Gasteiger charge is 2.12. The Labute approximate surface area is 107 Å². The van der Waals surface area contributed by atoms with Crippen molar-refractivity contribution in [3.63, 3.8) is 0 Å². The SMILES string of the molecule is Fc1ccc(NCCCOC2CCNCC2)nc1. The summed E-state index contributed by atoms with van der Waals surface area (Å²) in [5.41, 5.74) is 0. The number of nitrogens with zero attached hydrogens (tertiary/aromatic N) is 1. The molecule has 0 unspecified atom stereocenters. The first kappa shape index (κ1) is 13.2. The summed E-state index contributed by atoms with van der Waals surface area (Å²) in [4.78, 5) is 3.93. The van der Waals surface area contributed by atoms with Gasteiger partial charge in [-0.3, -0.25) is 0 Å². The van der Waals surface area contributed by atoms with Gasteiger partial charge in [-0.15, -0.1) is 0 Å². The van der Waals surface area contributed by atoms with Crippen LogP contribution < -0.4 is 10.6 Å². The second kappa shape index (κ2) is 7.28. The van der Waals surface area contributed by atoms with Gasteiger partial charge >= 0.3 is 0 Å². The molecule has 0 bridgehead atoms. The van der Waals surface area contributed by atoms with E-state index in [-0.39, 0.29) is 5.82 Å². The van der Waals surface area contributed by atoms with Crippen molar-refractivity contribution in [2.75, 3.05) is 31.6 Å². The molecule has 0 aliphatic carbocycles. The second-order valence-electron chi connectivity index (χ2n) is 4.46. The Kier molecular flexibility index (Phi) is 5.36. The van der Waals surface area contributed by atoms with Crippen molar-refractivity contribution in [1.29, 1.82) is 0 Å². The number of aromatic nitrogens is 1. The van der Waals surface area contributed by atoms with Gasteiger partial charge in [0.2, 0.25) is 0 Å². The number of piperidine rings is 1. The van der Waals surface area contributed by atoms with E-state index in [0.717, 1.165) is 45.5 Å². The van der Waals surface area contributed by atoms with E-state index >= 15 is 0 Å². The summed E-state index contributed by atoms with van der Waals surface area (Å²) >= 11 is 0. The van der Waals surface area contributed by atoms with Crippen LogP contribution in [0.15, 0.2) is 18.3 Å². The van der Waals surface area contributed by atoms with Crippen LogP contribution in [0.2, 0.25) is 0 Å². The van der Waals surface area contributed by atoms with Gasteiger partial charge in [-0.2, -0.15) is 0 Å². The second-order valence-corrected chi connectivity index (χ2v) is 4.46. The van der Waals surface area contributed by atoms with E-state index in [1.54, 1.807) is 6.07 Å². The largest absolute Gasteiger partial charge is 0.378 e. The molecule has 0 spiro atoms. The van der Waals surface area contributed by atoms with Crippen LogP contribution in [0, 0.1) is 5.82 Å². The van der Waals surface area contributed by atoms with Crippen LogP contribution in [-0.4, -0.2) is 37.3 Å². The minimum absolute atomic E-state index is 0.310. The summed E-state index contributed by atoms with van der Waals surface area (Å²) in [5, 5.41) is 6.45.